The predicted octanol–water partition coefficient (Wildman–Crippen LogP) is 1.19. The van der Waals surface area contributed by atoms with E-state index in [-0.39, 0.29) is 18.7 Å². The van der Waals surface area contributed by atoms with Gasteiger partial charge in [-0.05, 0) is 12.1 Å². The molecule has 112 valence electrons. The molecule has 1 aliphatic heterocycles. The summed E-state index contributed by atoms with van der Waals surface area (Å²) in [6.07, 6.45) is -0.175. The van der Waals surface area contributed by atoms with Crippen LogP contribution < -0.4 is 4.90 Å². The van der Waals surface area contributed by atoms with Gasteiger partial charge in [0, 0.05) is 13.0 Å². The van der Waals surface area contributed by atoms with Crippen LogP contribution in [0.4, 0.5) is 14.5 Å². The van der Waals surface area contributed by atoms with Gasteiger partial charge in [-0.25, -0.2) is 13.6 Å². The summed E-state index contributed by atoms with van der Waals surface area (Å²) in [5, 5.41) is 8.80. The molecular formula is C13H11F2NO5. The Labute approximate surface area is 117 Å². The number of carboxylic acids is 1. The Morgan fingerprint density at radius 3 is 2.62 bits per heavy atom. The summed E-state index contributed by atoms with van der Waals surface area (Å²) < 4.78 is 31.9. The zero-order valence-electron chi connectivity index (χ0n) is 10.9. The van der Waals surface area contributed by atoms with Gasteiger partial charge in [-0.1, -0.05) is 0 Å². The summed E-state index contributed by atoms with van der Waals surface area (Å²) in [5.41, 5.74) is -1.51. The van der Waals surface area contributed by atoms with Crippen LogP contribution in [0, 0.1) is 17.6 Å². The normalized spacial score (nSPS) is 18.0. The highest BCUT2D eigenvalue weighted by Gasteiger charge is 2.37. The summed E-state index contributed by atoms with van der Waals surface area (Å²) >= 11 is 0. The first-order chi connectivity index (χ1) is 9.86. The van der Waals surface area contributed by atoms with E-state index < -0.39 is 41.0 Å². The lowest BCUT2D eigenvalue weighted by Crippen LogP contribution is -2.27. The lowest BCUT2D eigenvalue weighted by atomic mass is 10.1. The number of amides is 1. The fourth-order valence-electron chi connectivity index (χ4n) is 2.21. The number of anilines is 1. The molecule has 21 heavy (non-hydrogen) atoms. The van der Waals surface area contributed by atoms with Crippen LogP contribution in [0.5, 0.6) is 0 Å². The second-order valence-electron chi connectivity index (χ2n) is 4.49. The molecule has 0 spiro atoms. The molecule has 8 heteroatoms. The van der Waals surface area contributed by atoms with Crippen LogP contribution in [0.15, 0.2) is 12.1 Å². The van der Waals surface area contributed by atoms with Crippen molar-refractivity contribution >= 4 is 23.5 Å². The number of hydrogen-bond donors (Lipinski definition) is 1. The van der Waals surface area contributed by atoms with Crippen molar-refractivity contribution in [3.63, 3.8) is 0 Å². The number of aromatic carboxylic acids is 1. The topological polar surface area (TPSA) is 83.9 Å². The maximum Gasteiger partial charge on any atom is 0.341 e. The van der Waals surface area contributed by atoms with E-state index in [0.717, 1.165) is 24.1 Å². The molecule has 0 aliphatic carbocycles. The van der Waals surface area contributed by atoms with Crippen LogP contribution >= 0.6 is 0 Å². The van der Waals surface area contributed by atoms with Crippen LogP contribution in [0.25, 0.3) is 0 Å². The van der Waals surface area contributed by atoms with E-state index in [0.29, 0.717) is 0 Å². The SMILES string of the molecule is COC(=O)C1CC(=O)N(c2ccc(F)c(C(=O)O)c2F)C1. The van der Waals surface area contributed by atoms with Gasteiger partial charge in [0.15, 0.2) is 5.82 Å². The summed E-state index contributed by atoms with van der Waals surface area (Å²) in [4.78, 5) is 35.0. The minimum Gasteiger partial charge on any atom is -0.477 e. The summed E-state index contributed by atoms with van der Waals surface area (Å²) in [6, 6.07) is 1.73. The highest BCUT2D eigenvalue weighted by atomic mass is 19.1. The Hall–Kier alpha value is -2.51. The first-order valence-corrected chi connectivity index (χ1v) is 5.96. The number of rotatable bonds is 3. The van der Waals surface area contributed by atoms with Crippen molar-refractivity contribution in [2.24, 2.45) is 5.92 Å². The van der Waals surface area contributed by atoms with Gasteiger partial charge in [0.25, 0.3) is 0 Å². The van der Waals surface area contributed by atoms with Gasteiger partial charge in [-0.2, -0.15) is 0 Å². The predicted molar refractivity (Wildman–Crippen MR) is 65.8 cm³/mol. The molecule has 1 amide bonds. The molecule has 6 nitrogen and oxygen atoms in total. The Bertz CT molecular complexity index is 631. The molecule has 2 rings (SSSR count). The largest absolute Gasteiger partial charge is 0.477 e. The van der Waals surface area contributed by atoms with E-state index in [2.05, 4.69) is 4.74 Å². The second kappa shape index (κ2) is 5.47. The minimum absolute atomic E-state index is 0.146. The van der Waals surface area contributed by atoms with Crippen LogP contribution in [0.3, 0.4) is 0 Å². The number of carbonyl (C=O) groups excluding carboxylic acids is 2. The average Bonchev–Trinajstić information content (AvgIpc) is 2.79. The Balaban J connectivity index is 2.39. The zero-order valence-corrected chi connectivity index (χ0v) is 10.9. The van der Waals surface area contributed by atoms with E-state index in [1.165, 1.54) is 0 Å². The van der Waals surface area contributed by atoms with Gasteiger partial charge in [0.05, 0.1) is 18.7 Å². The van der Waals surface area contributed by atoms with Gasteiger partial charge < -0.3 is 14.7 Å². The Kier molecular flexibility index (Phi) is 3.88. The van der Waals surface area contributed by atoms with Crippen LogP contribution in [-0.4, -0.2) is 36.6 Å². The van der Waals surface area contributed by atoms with Gasteiger partial charge in [0.1, 0.15) is 11.4 Å². The van der Waals surface area contributed by atoms with Crippen molar-refractivity contribution in [3.05, 3.63) is 29.3 Å². The molecule has 1 unspecified atom stereocenters. The molecule has 1 atom stereocenters. The van der Waals surface area contributed by atoms with Crippen molar-refractivity contribution in [2.75, 3.05) is 18.6 Å². The maximum atomic E-state index is 14.1. The highest BCUT2D eigenvalue weighted by molar-refractivity contribution is 6.00. The standard InChI is InChI=1S/C13H11F2NO5/c1-21-13(20)6-4-9(17)16(5-6)8-3-2-7(14)10(11(8)15)12(18)19/h2-3,6H,4-5H2,1H3,(H,18,19). The van der Waals surface area contributed by atoms with E-state index in [1.807, 2.05) is 0 Å². The molecule has 0 aromatic heterocycles. The smallest absolute Gasteiger partial charge is 0.341 e. The van der Waals surface area contributed by atoms with Crippen LogP contribution in [0.1, 0.15) is 16.8 Å². The molecular weight excluding hydrogens is 288 g/mol. The van der Waals surface area contributed by atoms with Crippen molar-refractivity contribution in [1.29, 1.82) is 0 Å². The quantitative estimate of drug-likeness (QED) is 0.848. The molecule has 1 fully saturated rings. The van der Waals surface area contributed by atoms with Gasteiger partial charge in [-0.15, -0.1) is 0 Å². The molecule has 1 aliphatic rings. The van der Waals surface area contributed by atoms with E-state index >= 15 is 0 Å². The lowest BCUT2D eigenvalue weighted by Gasteiger charge is -2.18. The van der Waals surface area contributed by atoms with Crippen LogP contribution in [0.2, 0.25) is 0 Å². The van der Waals surface area contributed by atoms with Crippen molar-refractivity contribution in [1.82, 2.24) is 0 Å². The monoisotopic (exact) mass is 299 g/mol. The molecule has 0 radical (unpaired) electrons. The third-order valence-electron chi connectivity index (χ3n) is 3.23. The van der Waals surface area contributed by atoms with E-state index in [1.54, 1.807) is 0 Å². The number of carboxylic acid groups (broad SMARTS) is 1. The summed E-state index contributed by atoms with van der Waals surface area (Å²) in [5.74, 6) is -6.30. The Morgan fingerprint density at radius 1 is 1.38 bits per heavy atom. The summed E-state index contributed by atoms with van der Waals surface area (Å²) in [6.45, 7) is -0.146. The third-order valence-corrected chi connectivity index (χ3v) is 3.23. The van der Waals surface area contributed by atoms with Gasteiger partial charge in [-0.3, -0.25) is 9.59 Å². The fourth-order valence-corrected chi connectivity index (χ4v) is 2.21. The number of ether oxygens (including phenoxy) is 1. The second-order valence-corrected chi connectivity index (χ2v) is 4.49. The number of benzene rings is 1. The first kappa shape index (κ1) is 14.9. The molecule has 1 heterocycles. The molecule has 1 aromatic rings. The summed E-state index contributed by atoms with van der Waals surface area (Å²) in [7, 11) is 1.16. The number of esters is 1. The maximum absolute atomic E-state index is 14.1. The molecule has 1 saturated heterocycles. The number of hydrogen-bond acceptors (Lipinski definition) is 4. The van der Waals surface area contributed by atoms with Crippen molar-refractivity contribution in [3.8, 4) is 0 Å². The van der Waals surface area contributed by atoms with E-state index in [4.69, 9.17) is 5.11 Å². The number of carbonyl (C=O) groups is 3. The van der Waals surface area contributed by atoms with E-state index in [9.17, 15) is 23.2 Å². The molecule has 1 aromatic carbocycles. The van der Waals surface area contributed by atoms with Crippen LogP contribution in [-0.2, 0) is 14.3 Å². The molecule has 0 saturated carbocycles. The van der Waals surface area contributed by atoms with Crippen molar-refractivity contribution < 1.29 is 33.0 Å². The van der Waals surface area contributed by atoms with Crippen molar-refractivity contribution in [2.45, 2.75) is 6.42 Å². The lowest BCUT2D eigenvalue weighted by molar-refractivity contribution is -0.145. The fraction of sp³-hybridized carbons (Fsp3) is 0.308. The molecule has 0 bridgehead atoms. The highest BCUT2D eigenvalue weighted by Crippen LogP contribution is 2.30. The van der Waals surface area contributed by atoms with Gasteiger partial charge in [0.2, 0.25) is 5.91 Å². The first-order valence-electron chi connectivity index (χ1n) is 5.96. The number of halogens is 2. The Morgan fingerprint density at radius 2 is 2.05 bits per heavy atom. The average molecular weight is 299 g/mol. The zero-order chi connectivity index (χ0) is 15.7. The molecule has 1 N–H and O–H groups in total. The minimum atomic E-state index is -1.77. The van der Waals surface area contributed by atoms with Gasteiger partial charge >= 0.3 is 11.9 Å². The third kappa shape index (κ3) is 2.56. The number of nitrogens with zero attached hydrogens (tertiary/aromatic N) is 1. The number of methoxy groups -OCH3 is 1.